The Labute approximate surface area is 93.3 Å². The van der Waals surface area contributed by atoms with Crippen LogP contribution in [0.15, 0.2) is 0 Å². The minimum atomic E-state index is -1.21. The van der Waals surface area contributed by atoms with E-state index in [1.165, 1.54) is 14.2 Å². The van der Waals surface area contributed by atoms with E-state index in [1.807, 2.05) is 0 Å². The van der Waals surface area contributed by atoms with Gasteiger partial charge < -0.3 is 18.9 Å². The molecule has 0 aliphatic carbocycles. The predicted octanol–water partition coefficient (Wildman–Crippen LogP) is 0.0956. The lowest BCUT2D eigenvalue weighted by atomic mass is 10.3. The van der Waals surface area contributed by atoms with E-state index < -0.39 is 5.97 Å². The van der Waals surface area contributed by atoms with Crippen molar-refractivity contribution in [1.82, 2.24) is 0 Å². The molecular formula is C8H18O4SSi. The summed E-state index contributed by atoms with van der Waals surface area (Å²) in [4.78, 5) is 0. The van der Waals surface area contributed by atoms with E-state index in [2.05, 4.69) is 0 Å². The maximum Gasteiger partial charge on any atom is 0.354 e. The summed E-state index contributed by atoms with van der Waals surface area (Å²) in [7, 11) is 5.57. The average molecular weight is 238 g/mol. The van der Waals surface area contributed by atoms with Gasteiger partial charge in [0.1, 0.15) is 6.10 Å². The van der Waals surface area contributed by atoms with E-state index in [0.29, 0.717) is 5.05 Å². The fourth-order valence-electron chi connectivity index (χ4n) is 1.26. The van der Waals surface area contributed by atoms with Gasteiger partial charge in [-0.1, -0.05) is 0 Å². The van der Waals surface area contributed by atoms with Gasteiger partial charge in [-0.3, -0.25) is 0 Å². The molecule has 1 atom stereocenters. The molecule has 14 heavy (non-hydrogen) atoms. The van der Waals surface area contributed by atoms with Crippen molar-refractivity contribution >= 4 is 27.5 Å². The van der Waals surface area contributed by atoms with Gasteiger partial charge >= 0.3 is 5.97 Å². The summed E-state index contributed by atoms with van der Waals surface area (Å²) in [5.41, 5.74) is 0. The van der Waals surface area contributed by atoms with Gasteiger partial charge in [-0.2, -0.15) is 0 Å². The van der Waals surface area contributed by atoms with Crippen LogP contribution in [0.25, 0.3) is 0 Å². The third kappa shape index (κ3) is 3.29. The van der Waals surface area contributed by atoms with E-state index in [1.54, 1.807) is 14.0 Å². The topological polar surface area (TPSA) is 36.9 Å². The first-order valence-corrected chi connectivity index (χ1v) is 6.21. The number of methoxy groups -OCH3 is 3. The Hall–Kier alpha value is -0.0131. The largest absolute Gasteiger partial charge is 0.431 e. The first-order valence-electron chi connectivity index (χ1n) is 4.39. The third-order valence-electron chi connectivity index (χ3n) is 1.90. The van der Waals surface area contributed by atoms with E-state index in [4.69, 9.17) is 31.2 Å². The Bertz CT molecular complexity index is 180. The Morgan fingerprint density at radius 3 is 2.07 bits per heavy atom. The molecule has 0 N–H and O–H groups in total. The normalized spacial score (nSPS) is 14.0. The maximum absolute atomic E-state index is 5.36. The second-order valence-electron chi connectivity index (χ2n) is 2.74. The molecule has 0 aromatic carbocycles. The molecule has 0 rings (SSSR count). The van der Waals surface area contributed by atoms with Crippen LogP contribution in [0.4, 0.5) is 0 Å². The zero-order valence-corrected chi connectivity index (χ0v) is 12.1. The summed E-state index contributed by atoms with van der Waals surface area (Å²) in [6, 6.07) is 0.834. The molecule has 0 radical (unpaired) electrons. The second-order valence-corrected chi connectivity index (χ2v) is 4.13. The highest BCUT2D eigenvalue weighted by Gasteiger charge is 2.42. The highest BCUT2D eigenvalue weighted by molar-refractivity contribution is 7.80. The highest BCUT2D eigenvalue weighted by atomic mass is 32.1. The number of rotatable bonds is 6. The zero-order valence-electron chi connectivity index (χ0n) is 9.33. The standard InChI is InChI=1S/C8H18O4SSi/c1-6(13)12-8(10-3,11-4)7(5-14)9-2/h7H,5H2,1-4,14H3. The molecule has 0 aliphatic heterocycles. The van der Waals surface area contributed by atoms with Crippen LogP contribution in [-0.2, 0) is 18.9 Å². The Morgan fingerprint density at radius 1 is 1.36 bits per heavy atom. The number of hydrogen-bond donors (Lipinski definition) is 0. The molecule has 4 nitrogen and oxygen atoms in total. The Balaban J connectivity index is 4.73. The minimum absolute atomic E-state index is 0.262. The summed E-state index contributed by atoms with van der Waals surface area (Å²) >= 11 is 4.86. The van der Waals surface area contributed by atoms with Crippen LogP contribution in [0.5, 0.6) is 0 Å². The second kappa shape index (κ2) is 6.47. The first kappa shape index (κ1) is 14.0. The van der Waals surface area contributed by atoms with Crippen LogP contribution >= 0.6 is 12.2 Å². The van der Waals surface area contributed by atoms with Crippen molar-refractivity contribution in [3.8, 4) is 0 Å². The minimum Gasteiger partial charge on any atom is -0.431 e. The van der Waals surface area contributed by atoms with Crippen molar-refractivity contribution in [3.05, 3.63) is 0 Å². The van der Waals surface area contributed by atoms with Crippen molar-refractivity contribution < 1.29 is 18.9 Å². The quantitative estimate of drug-likeness (QED) is 0.372. The molecule has 0 bridgehead atoms. The molecule has 0 aromatic rings. The SMILES string of the molecule is COC(C[SiH3])C(OC)(OC)OC(C)=S. The van der Waals surface area contributed by atoms with E-state index >= 15 is 0 Å². The van der Waals surface area contributed by atoms with E-state index in [9.17, 15) is 0 Å². The fraction of sp³-hybridized carbons (Fsp3) is 0.875. The van der Waals surface area contributed by atoms with Gasteiger partial charge in [0.15, 0.2) is 5.05 Å². The maximum atomic E-state index is 5.36. The van der Waals surface area contributed by atoms with Crippen LogP contribution < -0.4 is 0 Å². The lowest BCUT2D eigenvalue weighted by Crippen LogP contribution is -2.50. The van der Waals surface area contributed by atoms with Crippen molar-refractivity contribution in [1.29, 1.82) is 0 Å². The van der Waals surface area contributed by atoms with Crippen LogP contribution in [0, 0.1) is 0 Å². The molecule has 84 valence electrons. The van der Waals surface area contributed by atoms with Crippen molar-refractivity contribution in [3.63, 3.8) is 0 Å². The Morgan fingerprint density at radius 2 is 1.86 bits per heavy atom. The van der Waals surface area contributed by atoms with E-state index in [0.717, 1.165) is 16.3 Å². The predicted molar refractivity (Wildman–Crippen MR) is 61.6 cm³/mol. The molecule has 0 saturated heterocycles. The lowest BCUT2D eigenvalue weighted by Gasteiger charge is -2.35. The van der Waals surface area contributed by atoms with E-state index in [-0.39, 0.29) is 6.10 Å². The zero-order chi connectivity index (χ0) is 11.2. The fourth-order valence-corrected chi connectivity index (χ4v) is 2.21. The highest BCUT2D eigenvalue weighted by Crippen LogP contribution is 2.23. The monoisotopic (exact) mass is 238 g/mol. The molecule has 0 amide bonds. The van der Waals surface area contributed by atoms with Gasteiger partial charge in [-0.15, -0.1) is 0 Å². The molecule has 0 saturated carbocycles. The van der Waals surface area contributed by atoms with Crippen LogP contribution in [0.1, 0.15) is 6.92 Å². The average Bonchev–Trinajstić information content (AvgIpc) is 2.17. The van der Waals surface area contributed by atoms with Gasteiger partial charge in [0, 0.05) is 38.5 Å². The number of hydrogen-bond acceptors (Lipinski definition) is 5. The Kier molecular flexibility index (Phi) is 6.46. The molecule has 0 spiro atoms. The van der Waals surface area contributed by atoms with Gasteiger partial charge in [0.2, 0.25) is 0 Å². The molecule has 0 aliphatic rings. The van der Waals surface area contributed by atoms with Crippen molar-refractivity contribution in [2.45, 2.75) is 25.0 Å². The molecule has 6 heteroatoms. The number of ether oxygens (including phenoxy) is 4. The van der Waals surface area contributed by atoms with Gasteiger partial charge in [0.05, 0.1) is 0 Å². The summed E-state index contributed by atoms with van der Waals surface area (Å²) in [5.74, 6) is -1.21. The molecular weight excluding hydrogens is 220 g/mol. The third-order valence-corrected chi connectivity index (χ3v) is 2.73. The van der Waals surface area contributed by atoms with Crippen LogP contribution in [0.2, 0.25) is 6.04 Å². The number of thiocarbonyl (C=S) groups is 1. The smallest absolute Gasteiger partial charge is 0.354 e. The van der Waals surface area contributed by atoms with Crippen molar-refractivity contribution in [2.24, 2.45) is 0 Å². The summed E-state index contributed by atoms with van der Waals surface area (Å²) in [6.45, 7) is 1.67. The molecule has 0 heterocycles. The van der Waals surface area contributed by atoms with Gasteiger partial charge in [-0.25, -0.2) is 0 Å². The lowest BCUT2D eigenvalue weighted by molar-refractivity contribution is -0.367. The first-order chi connectivity index (χ1) is 6.56. The van der Waals surface area contributed by atoms with Crippen molar-refractivity contribution in [2.75, 3.05) is 21.3 Å². The summed E-state index contributed by atoms with van der Waals surface area (Å²) in [5, 5.41) is 0.367. The summed E-state index contributed by atoms with van der Waals surface area (Å²) < 4.78 is 21.0. The van der Waals surface area contributed by atoms with Crippen LogP contribution in [0.3, 0.4) is 0 Å². The molecule has 0 fully saturated rings. The molecule has 0 aromatic heterocycles. The van der Waals surface area contributed by atoms with Gasteiger partial charge in [0.25, 0.3) is 0 Å². The van der Waals surface area contributed by atoms with Crippen LogP contribution in [-0.4, -0.2) is 48.7 Å². The summed E-state index contributed by atoms with van der Waals surface area (Å²) in [6.07, 6.45) is -0.262. The molecule has 1 unspecified atom stereocenters. The van der Waals surface area contributed by atoms with Gasteiger partial charge in [-0.05, 0) is 18.3 Å².